The second-order valence-electron chi connectivity index (χ2n) is 4.86. The van der Waals surface area contributed by atoms with E-state index in [9.17, 15) is 0 Å². The highest BCUT2D eigenvalue weighted by Crippen LogP contribution is 2.29. The minimum Gasteiger partial charge on any atom is -0.316 e. The topological polar surface area (TPSA) is 15.3 Å². The molecule has 1 fully saturated rings. The van der Waals surface area contributed by atoms with Crippen molar-refractivity contribution in [2.24, 2.45) is 5.41 Å². The molecule has 13 heavy (non-hydrogen) atoms. The quantitative estimate of drug-likeness (QED) is 0.669. The molecular weight excluding hydrogens is 160 g/mol. The average Bonchev–Trinajstić information content (AvgIpc) is 2.08. The van der Waals surface area contributed by atoms with Gasteiger partial charge in [-0.25, -0.2) is 0 Å². The summed E-state index contributed by atoms with van der Waals surface area (Å²) in [5.41, 5.74) is 0.592. The summed E-state index contributed by atoms with van der Waals surface area (Å²) in [4.78, 5) is 2.58. The summed E-state index contributed by atoms with van der Waals surface area (Å²) in [6.45, 7) is 13.0. The van der Waals surface area contributed by atoms with Crippen LogP contribution in [0.25, 0.3) is 0 Å². The number of rotatable bonds is 4. The summed E-state index contributed by atoms with van der Waals surface area (Å²) in [6, 6.07) is 0. The Kier molecular flexibility index (Phi) is 4.20. The van der Waals surface area contributed by atoms with Crippen molar-refractivity contribution < 1.29 is 0 Å². The molecule has 0 aromatic rings. The van der Waals surface area contributed by atoms with Gasteiger partial charge in [-0.3, -0.25) is 0 Å². The first-order chi connectivity index (χ1) is 6.14. The molecule has 2 heteroatoms. The standard InChI is InChI=1S/C11H24N2/c1-4-12-7-10-13-8-5-11(2,3)6-9-13/h12H,4-10H2,1-3H3. The highest BCUT2D eigenvalue weighted by Gasteiger charge is 2.24. The number of nitrogens with zero attached hydrogens (tertiary/aromatic N) is 1. The lowest BCUT2D eigenvalue weighted by atomic mass is 9.83. The van der Waals surface area contributed by atoms with E-state index in [0.29, 0.717) is 5.41 Å². The number of piperidine rings is 1. The van der Waals surface area contributed by atoms with Crippen molar-refractivity contribution in [1.29, 1.82) is 0 Å². The van der Waals surface area contributed by atoms with Crippen LogP contribution in [0.2, 0.25) is 0 Å². The predicted octanol–water partition coefficient (Wildman–Crippen LogP) is 1.72. The molecule has 1 aliphatic heterocycles. The average molecular weight is 184 g/mol. The molecule has 0 aromatic carbocycles. The molecule has 0 bridgehead atoms. The van der Waals surface area contributed by atoms with Crippen LogP contribution in [0.15, 0.2) is 0 Å². The van der Waals surface area contributed by atoms with Crippen molar-refractivity contribution in [2.75, 3.05) is 32.7 Å². The van der Waals surface area contributed by atoms with Crippen LogP contribution < -0.4 is 5.32 Å². The molecule has 0 radical (unpaired) electrons. The van der Waals surface area contributed by atoms with Crippen LogP contribution in [0.1, 0.15) is 33.6 Å². The van der Waals surface area contributed by atoms with E-state index in [2.05, 4.69) is 31.0 Å². The fraction of sp³-hybridized carbons (Fsp3) is 1.00. The highest BCUT2D eigenvalue weighted by atomic mass is 15.1. The summed E-state index contributed by atoms with van der Waals surface area (Å²) >= 11 is 0. The Bertz CT molecular complexity index is 133. The SMILES string of the molecule is CCNCCN1CCC(C)(C)CC1. The van der Waals surface area contributed by atoms with Crippen molar-refractivity contribution >= 4 is 0 Å². The van der Waals surface area contributed by atoms with Crippen LogP contribution in [-0.2, 0) is 0 Å². The molecule has 0 aliphatic carbocycles. The molecule has 0 saturated carbocycles. The van der Waals surface area contributed by atoms with Crippen LogP contribution in [0, 0.1) is 5.41 Å². The molecule has 0 aromatic heterocycles. The zero-order chi connectivity index (χ0) is 9.73. The highest BCUT2D eigenvalue weighted by molar-refractivity contribution is 4.78. The number of likely N-dealkylation sites (N-methyl/N-ethyl adjacent to an activating group) is 1. The molecule has 78 valence electrons. The normalized spacial score (nSPS) is 23.3. The van der Waals surface area contributed by atoms with Crippen LogP contribution in [0.3, 0.4) is 0 Å². The Morgan fingerprint density at radius 3 is 2.38 bits per heavy atom. The maximum absolute atomic E-state index is 3.37. The third-order valence-corrected chi connectivity index (χ3v) is 3.06. The van der Waals surface area contributed by atoms with E-state index in [1.807, 2.05) is 0 Å². The molecule has 0 amide bonds. The smallest absolute Gasteiger partial charge is 0.0107 e. The lowest BCUT2D eigenvalue weighted by Crippen LogP contribution is -2.40. The first kappa shape index (κ1) is 11.0. The van der Waals surface area contributed by atoms with Crippen LogP contribution >= 0.6 is 0 Å². The molecule has 2 nitrogen and oxygen atoms in total. The van der Waals surface area contributed by atoms with E-state index in [1.165, 1.54) is 32.5 Å². The van der Waals surface area contributed by atoms with Gasteiger partial charge in [-0.05, 0) is 37.9 Å². The van der Waals surface area contributed by atoms with Crippen LogP contribution in [0.5, 0.6) is 0 Å². The zero-order valence-electron chi connectivity index (χ0n) is 9.40. The van der Waals surface area contributed by atoms with Crippen molar-refractivity contribution in [3.63, 3.8) is 0 Å². The van der Waals surface area contributed by atoms with Gasteiger partial charge in [0.25, 0.3) is 0 Å². The number of hydrogen-bond acceptors (Lipinski definition) is 2. The van der Waals surface area contributed by atoms with Crippen molar-refractivity contribution in [3.8, 4) is 0 Å². The Labute approximate surface area is 82.7 Å². The lowest BCUT2D eigenvalue weighted by molar-refractivity contribution is 0.133. The largest absolute Gasteiger partial charge is 0.316 e. The van der Waals surface area contributed by atoms with Gasteiger partial charge in [0.2, 0.25) is 0 Å². The molecular formula is C11H24N2. The Morgan fingerprint density at radius 2 is 1.85 bits per heavy atom. The third-order valence-electron chi connectivity index (χ3n) is 3.06. The molecule has 0 atom stereocenters. The first-order valence-corrected chi connectivity index (χ1v) is 5.57. The summed E-state index contributed by atoms with van der Waals surface area (Å²) in [5, 5.41) is 3.37. The van der Waals surface area contributed by atoms with Gasteiger partial charge in [0, 0.05) is 13.1 Å². The summed E-state index contributed by atoms with van der Waals surface area (Å²) in [5.74, 6) is 0. The Hall–Kier alpha value is -0.0800. The molecule has 1 aliphatic rings. The summed E-state index contributed by atoms with van der Waals surface area (Å²) in [6.07, 6.45) is 2.72. The van der Waals surface area contributed by atoms with E-state index >= 15 is 0 Å². The molecule has 0 spiro atoms. The molecule has 1 rings (SSSR count). The maximum Gasteiger partial charge on any atom is 0.0107 e. The fourth-order valence-electron chi connectivity index (χ4n) is 1.80. The van der Waals surface area contributed by atoms with Crippen molar-refractivity contribution in [3.05, 3.63) is 0 Å². The van der Waals surface area contributed by atoms with Crippen molar-refractivity contribution in [2.45, 2.75) is 33.6 Å². The summed E-state index contributed by atoms with van der Waals surface area (Å²) in [7, 11) is 0. The zero-order valence-corrected chi connectivity index (χ0v) is 9.40. The number of hydrogen-bond donors (Lipinski definition) is 1. The van der Waals surface area contributed by atoms with Crippen LogP contribution in [0.4, 0.5) is 0 Å². The van der Waals surface area contributed by atoms with E-state index in [0.717, 1.165) is 13.1 Å². The van der Waals surface area contributed by atoms with E-state index in [4.69, 9.17) is 0 Å². The van der Waals surface area contributed by atoms with Gasteiger partial charge in [0.15, 0.2) is 0 Å². The fourth-order valence-corrected chi connectivity index (χ4v) is 1.80. The second kappa shape index (κ2) is 4.97. The maximum atomic E-state index is 3.37. The molecule has 1 heterocycles. The van der Waals surface area contributed by atoms with Crippen LogP contribution in [-0.4, -0.2) is 37.6 Å². The van der Waals surface area contributed by atoms with Crippen molar-refractivity contribution in [1.82, 2.24) is 10.2 Å². The van der Waals surface area contributed by atoms with E-state index in [1.54, 1.807) is 0 Å². The van der Waals surface area contributed by atoms with Gasteiger partial charge in [0.05, 0.1) is 0 Å². The lowest BCUT2D eigenvalue weighted by Gasteiger charge is -2.36. The first-order valence-electron chi connectivity index (χ1n) is 5.57. The monoisotopic (exact) mass is 184 g/mol. The number of nitrogens with one attached hydrogen (secondary N) is 1. The Balaban J connectivity index is 2.11. The molecule has 0 unspecified atom stereocenters. The van der Waals surface area contributed by atoms with Gasteiger partial charge < -0.3 is 10.2 Å². The number of likely N-dealkylation sites (tertiary alicyclic amines) is 1. The third kappa shape index (κ3) is 4.10. The van der Waals surface area contributed by atoms with Gasteiger partial charge >= 0.3 is 0 Å². The van der Waals surface area contributed by atoms with E-state index in [-0.39, 0.29) is 0 Å². The molecule has 1 saturated heterocycles. The minimum atomic E-state index is 0.592. The summed E-state index contributed by atoms with van der Waals surface area (Å²) < 4.78 is 0. The van der Waals surface area contributed by atoms with Gasteiger partial charge in [0.1, 0.15) is 0 Å². The second-order valence-corrected chi connectivity index (χ2v) is 4.86. The predicted molar refractivity (Wildman–Crippen MR) is 58.0 cm³/mol. The minimum absolute atomic E-state index is 0.592. The van der Waals surface area contributed by atoms with Gasteiger partial charge in [-0.2, -0.15) is 0 Å². The Morgan fingerprint density at radius 1 is 1.23 bits per heavy atom. The van der Waals surface area contributed by atoms with Gasteiger partial charge in [-0.1, -0.05) is 20.8 Å². The van der Waals surface area contributed by atoms with Gasteiger partial charge in [-0.15, -0.1) is 0 Å². The molecule has 1 N–H and O–H groups in total. The van der Waals surface area contributed by atoms with E-state index < -0.39 is 0 Å².